The van der Waals surface area contributed by atoms with Crippen LogP contribution in [-0.4, -0.2) is 30.3 Å². The fourth-order valence-electron chi connectivity index (χ4n) is 2.99. The van der Waals surface area contributed by atoms with Gasteiger partial charge < -0.3 is 10.1 Å². The molecule has 2 atom stereocenters. The Morgan fingerprint density at radius 3 is 2.48 bits per heavy atom. The van der Waals surface area contributed by atoms with Crippen LogP contribution in [0.1, 0.15) is 55.8 Å². The second-order valence-electron chi connectivity index (χ2n) is 6.53. The molecule has 1 amide bonds. The van der Waals surface area contributed by atoms with Gasteiger partial charge in [-0.3, -0.25) is 14.4 Å². The van der Waals surface area contributed by atoms with Crippen molar-refractivity contribution >= 4 is 33.6 Å². The van der Waals surface area contributed by atoms with Gasteiger partial charge in [0.2, 0.25) is 0 Å². The molecule has 1 aromatic rings. The maximum atomic E-state index is 12.0. The molecule has 0 aromatic heterocycles. The lowest BCUT2D eigenvalue weighted by Gasteiger charge is -2.29. The molecule has 0 unspecified atom stereocenters. The van der Waals surface area contributed by atoms with Crippen molar-refractivity contribution in [2.24, 2.45) is 5.92 Å². The molecule has 1 N–H and O–H groups in total. The standard InChI is InChI=1S/C19H24BrNO4/c1-13-4-2-3-5-16(13)21-18(23)12-25-19(24)11-10-17(22)14-6-8-15(20)9-7-14/h6-9,13,16H,2-5,10-12H2,1H3,(H,21,23)/t13-,16+/m1/s1. The lowest BCUT2D eigenvalue weighted by molar-refractivity contribution is -0.148. The van der Waals surface area contributed by atoms with E-state index in [9.17, 15) is 14.4 Å². The van der Waals surface area contributed by atoms with Crippen LogP contribution in [0.2, 0.25) is 0 Å². The Labute approximate surface area is 156 Å². The van der Waals surface area contributed by atoms with Crippen LogP contribution >= 0.6 is 15.9 Å². The molecule has 1 saturated carbocycles. The van der Waals surface area contributed by atoms with E-state index in [-0.39, 0.29) is 37.2 Å². The Bertz CT molecular complexity index is 614. The first-order valence-corrected chi connectivity index (χ1v) is 9.49. The normalized spacial score (nSPS) is 19.9. The number of ether oxygens (including phenoxy) is 1. The number of esters is 1. The highest BCUT2D eigenvalue weighted by Crippen LogP contribution is 2.23. The van der Waals surface area contributed by atoms with Crippen LogP contribution in [0.15, 0.2) is 28.7 Å². The summed E-state index contributed by atoms with van der Waals surface area (Å²) in [6, 6.07) is 7.14. The minimum Gasteiger partial charge on any atom is -0.456 e. The quantitative estimate of drug-likeness (QED) is 0.550. The topological polar surface area (TPSA) is 72.5 Å². The summed E-state index contributed by atoms with van der Waals surface area (Å²) in [4.78, 5) is 35.6. The minimum absolute atomic E-state index is 0.0258. The van der Waals surface area contributed by atoms with Gasteiger partial charge >= 0.3 is 5.97 Å². The van der Waals surface area contributed by atoms with E-state index in [1.165, 1.54) is 6.42 Å². The van der Waals surface area contributed by atoms with Crippen LogP contribution in [0, 0.1) is 5.92 Å². The molecule has 1 fully saturated rings. The molecule has 5 nitrogen and oxygen atoms in total. The second-order valence-corrected chi connectivity index (χ2v) is 7.44. The van der Waals surface area contributed by atoms with Crippen molar-refractivity contribution < 1.29 is 19.1 Å². The number of hydrogen-bond donors (Lipinski definition) is 1. The average molecular weight is 410 g/mol. The van der Waals surface area contributed by atoms with Crippen LogP contribution in [0.3, 0.4) is 0 Å². The van der Waals surface area contributed by atoms with E-state index in [0.717, 1.165) is 23.7 Å². The second kappa shape index (κ2) is 9.70. The number of amides is 1. The van der Waals surface area contributed by atoms with Gasteiger partial charge in [0.25, 0.3) is 5.91 Å². The van der Waals surface area contributed by atoms with Gasteiger partial charge in [-0.1, -0.05) is 47.8 Å². The molecule has 1 aliphatic carbocycles. The highest BCUT2D eigenvalue weighted by atomic mass is 79.9. The summed E-state index contributed by atoms with van der Waals surface area (Å²) >= 11 is 3.31. The molecule has 6 heteroatoms. The van der Waals surface area contributed by atoms with Crippen molar-refractivity contribution in [3.8, 4) is 0 Å². The maximum Gasteiger partial charge on any atom is 0.306 e. The third-order valence-corrected chi connectivity index (χ3v) is 5.07. The van der Waals surface area contributed by atoms with Crippen molar-refractivity contribution in [1.29, 1.82) is 0 Å². The van der Waals surface area contributed by atoms with E-state index in [4.69, 9.17) is 4.74 Å². The van der Waals surface area contributed by atoms with Gasteiger partial charge in [-0.05, 0) is 30.9 Å². The first kappa shape index (κ1) is 19.6. The average Bonchev–Trinajstić information content (AvgIpc) is 2.60. The molecule has 136 valence electrons. The van der Waals surface area contributed by atoms with E-state index in [1.807, 2.05) is 0 Å². The van der Waals surface area contributed by atoms with E-state index in [0.29, 0.717) is 11.5 Å². The van der Waals surface area contributed by atoms with Gasteiger partial charge in [-0.2, -0.15) is 0 Å². The summed E-state index contributed by atoms with van der Waals surface area (Å²) in [6.07, 6.45) is 4.46. The highest BCUT2D eigenvalue weighted by Gasteiger charge is 2.23. The van der Waals surface area contributed by atoms with Crippen molar-refractivity contribution in [3.63, 3.8) is 0 Å². The molecule has 0 spiro atoms. The maximum absolute atomic E-state index is 12.0. The number of hydrogen-bond acceptors (Lipinski definition) is 4. The largest absolute Gasteiger partial charge is 0.456 e. The summed E-state index contributed by atoms with van der Waals surface area (Å²) in [5, 5.41) is 2.93. The lowest BCUT2D eigenvalue weighted by Crippen LogP contribution is -2.42. The van der Waals surface area contributed by atoms with Crippen LogP contribution in [0.25, 0.3) is 0 Å². The summed E-state index contributed by atoms with van der Waals surface area (Å²) in [7, 11) is 0. The van der Waals surface area contributed by atoms with Crippen LogP contribution < -0.4 is 5.32 Å². The minimum atomic E-state index is -0.530. The molecule has 2 rings (SSSR count). The van der Waals surface area contributed by atoms with Gasteiger partial charge in [0, 0.05) is 22.5 Å². The zero-order valence-electron chi connectivity index (χ0n) is 14.4. The predicted molar refractivity (Wildman–Crippen MR) is 98.2 cm³/mol. The van der Waals surface area contributed by atoms with Crippen molar-refractivity contribution in [1.82, 2.24) is 5.32 Å². The zero-order valence-corrected chi connectivity index (χ0v) is 16.0. The monoisotopic (exact) mass is 409 g/mol. The molecule has 0 aliphatic heterocycles. The third-order valence-electron chi connectivity index (χ3n) is 4.54. The SMILES string of the molecule is C[C@@H]1CCCC[C@@H]1NC(=O)COC(=O)CCC(=O)c1ccc(Br)cc1. The number of Topliss-reactive ketones (excluding diaryl/α,β-unsaturated/α-hetero) is 1. The van der Waals surface area contributed by atoms with E-state index < -0.39 is 5.97 Å². The highest BCUT2D eigenvalue weighted by molar-refractivity contribution is 9.10. The van der Waals surface area contributed by atoms with E-state index in [1.54, 1.807) is 24.3 Å². The molecule has 1 aromatic carbocycles. The smallest absolute Gasteiger partial charge is 0.306 e. The molecule has 25 heavy (non-hydrogen) atoms. The van der Waals surface area contributed by atoms with Crippen molar-refractivity contribution in [2.45, 2.75) is 51.5 Å². The number of ketones is 1. The predicted octanol–water partition coefficient (Wildman–Crippen LogP) is 3.65. The number of nitrogens with one attached hydrogen (secondary N) is 1. The molecule has 0 bridgehead atoms. The fourth-order valence-corrected chi connectivity index (χ4v) is 3.26. The van der Waals surface area contributed by atoms with Gasteiger partial charge in [0.15, 0.2) is 12.4 Å². The Kier molecular flexibility index (Phi) is 7.62. The van der Waals surface area contributed by atoms with Gasteiger partial charge in [-0.25, -0.2) is 0 Å². The number of carbonyl (C=O) groups excluding carboxylic acids is 3. The molecule has 0 saturated heterocycles. The lowest BCUT2D eigenvalue weighted by atomic mass is 9.86. The number of benzene rings is 1. The molecule has 0 radical (unpaired) electrons. The Balaban J connectivity index is 1.67. The Hall–Kier alpha value is -1.69. The van der Waals surface area contributed by atoms with Gasteiger partial charge in [0.05, 0.1) is 6.42 Å². The number of halogens is 1. The van der Waals surface area contributed by atoms with Gasteiger partial charge in [0.1, 0.15) is 0 Å². The van der Waals surface area contributed by atoms with Gasteiger partial charge in [-0.15, -0.1) is 0 Å². The molecular weight excluding hydrogens is 386 g/mol. The van der Waals surface area contributed by atoms with E-state index >= 15 is 0 Å². The number of rotatable bonds is 7. The summed E-state index contributed by atoms with van der Waals surface area (Å²) in [5.74, 6) is -0.467. The van der Waals surface area contributed by atoms with Crippen molar-refractivity contribution in [2.75, 3.05) is 6.61 Å². The molecule has 1 aliphatic rings. The Morgan fingerprint density at radius 1 is 1.12 bits per heavy atom. The van der Waals surface area contributed by atoms with Crippen LogP contribution in [0.4, 0.5) is 0 Å². The molecule has 0 heterocycles. The van der Waals surface area contributed by atoms with E-state index in [2.05, 4.69) is 28.2 Å². The summed E-state index contributed by atoms with van der Waals surface area (Å²) in [5.41, 5.74) is 0.556. The number of carbonyl (C=O) groups is 3. The first-order valence-electron chi connectivity index (χ1n) is 8.69. The molecular formula is C19H24BrNO4. The van der Waals surface area contributed by atoms with Crippen LogP contribution in [0.5, 0.6) is 0 Å². The van der Waals surface area contributed by atoms with Crippen molar-refractivity contribution in [3.05, 3.63) is 34.3 Å². The third kappa shape index (κ3) is 6.61. The zero-order chi connectivity index (χ0) is 18.2. The van der Waals surface area contributed by atoms with Crippen LogP contribution in [-0.2, 0) is 14.3 Å². The fraction of sp³-hybridized carbons (Fsp3) is 0.526. The first-order chi connectivity index (χ1) is 12.0. The summed E-state index contributed by atoms with van der Waals surface area (Å²) < 4.78 is 5.87. The Morgan fingerprint density at radius 2 is 1.80 bits per heavy atom. The summed E-state index contributed by atoms with van der Waals surface area (Å²) in [6.45, 7) is 1.85.